The molecule has 30 heavy (non-hydrogen) atoms. The average Bonchev–Trinajstić information content (AvgIpc) is 2.98. The van der Waals surface area contributed by atoms with Gasteiger partial charge in [-0.1, -0.05) is 25.8 Å². The third kappa shape index (κ3) is 3.95. The number of carbonyl (C=O) groups is 3. The summed E-state index contributed by atoms with van der Waals surface area (Å²) in [6, 6.07) is 5.01. The van der Waals surface area contributed by atoms with E-state index >= 15 is 0 Å². The third-order valence-corrected chi connectivity index (χ3v) is 6.35. The molecule has 1 aromatic rings. The fourth-order valence-corrected chi connectivity index (χ4v) is 4.45. The Morgan fingerprint density at radius 3 is 2.60 bits per heavy atom. The molecule has 0 radical (unpaired) electrons. The molecule has 1 saturated heterocycles. The molecule has 0 aromatic heterocycles. The summed E-state index contributed by atoms with van der Waals surface area (Å²) in [7, 11) is 3.13. The second kappa shape index (κ2) is 8.93. The highest BCUT2D eigenvalue weighted by Gasteiger charge is 2.55. The van der Waals surface area contributed by atoms with Gasteiger partial charge in [-0.05, 0) is 43.4 Å². The number of nitrogens with zero attached hydrogens (tertiary/aromatic N) is 2. The van der Waals surface area contributed by atoms with Crippen molar-refractivity contribution in [3.63, 3.8) is 0 Å². The van der Waals surface area contributed by atoms with Crippen molar-refractivity contribution >= 4 is 17.8 Å². The molecule has 0 bridgehead atoms. The molecule has 1 aromatic carbocycles. The summed E-state index contributed by atoms with van der Waals surface area (Å²) >= 11 is 0. The minimum atomic E-state index is -0.851. The van der Waals surface area contributed by atoms with Gasteiger partial charge >= 0.3 is 6.03 Å². The highest BCUT2D eigenvalue weighted by molar-refractivity contribution is 6.09. The molecule has 2 fully saturated rings. The standard InChI is InChI=1S/C22H31N3O5/c1-5-24(13-16-9-10-17(29-3)18(12-16)30-4)19(26)14-25-20(27)22(23-21(25)28)11-7-6-8-15(22)2/h9-10,12,15H,5-8,11,13-14H2,1-4H3,(H,23,28)/t15-,22-/m0/s1. The van der Waals surface area contributed by atoms with Gasteiger partial charge in [0.25, 0.3) is 5.91 Å². The number of ether oxygens (including phenoxy) is 2. The van der Waals surface area contributed by atoms with Gasteiger partial charge in [0.2, 0.25) is 5.91 Å². The van der Waals surface area contributed by atoms with Crippen LogP contribution in [0.4, 0.5) is 4.79 Å². The fourth-order valence-electron chi connectivity index (χ4n) is 4.45. The van der Waals surface area contributed by atoms with Crippen LogP contribution in [0.1, 0.15) is 45.1 Å². The molecule has 3 rings (SSSR count). The van der Waals surface area contributed by atoms with Crippen LogP contribution < -0.4 is 14.8 Å². The number of hydrogen-bond acceptors (Lipinski definition) is 5. The lowest BCUT2D eigenvalue weighted by molar-refractivity contribution is -0.140. The molecule has 1 aliphatic carbocycles. The normalized spacial score (nSPS) is 23.5. The van der Waals surface area contributed by atoms with E-state index in [0.717, 1.165) is 29.7 Å². The molecule has 1 aliphatic heterocycles. The number of imide groups is 1. The molecular weight excluding hydrogens is 386 g/mol. The van der Waals surface area contributed by atoms with Crippen LogP contribution in [0.2, 0.25) is 0 Å². The van der Waals surface area contributed by atoms with Crippen molar-refractivity contribution < 1.29 is 23.9 Å². The Morgan fingerprint density at radius 2 is 1.97 bits per heavy atom. The Labute approximate surface area is 177 Å². The fraction of sp³-hybridized carbons (Fsp3) is 0.591. The number of urea groups is 1. The Hall–Kier alpha value is -2.77. The predicted octanol–water partition coefficient (Wildman–Crippen LogP) is 2.55. The van der Waals surface area contributed by atoms with E-state index in [4.69, 9.17) is 9.47 Å². The minimum absolute atomic E-state index is 0.0665. The van der Waals surface area contributed by atoms with Crippen molar-refractivity contribution in [3.8, 4) is 11.5 Å². The lowest BCUT2D eigenvalue weighted by Crippen LogP contribution is -2.54. The number of benzene rings is 1. The molecule has 1 saturated carbocycles. The quantitative estimate of drug-likeness (QED) is 0.689. The monoisotopic (exact) mass is 417 g/mol. The lowest BCUT2D eigenvalue weighted by Gasteiger charge is -2.36. The predicted molar refractivity (Wildman–Crippen MR) is 111 cm³/mol. The molecule has 0 unspecified atom stereocenters. The first-order valence-corrected chi connectivity index (χ1v) is 10.5. The van der Waals surface area contributed by atoms with E-state index in [9.17, 15) is 14.4 Å². The number of likely N-dealkylation sites (N-methyl/N-ethyl adjacent to an activating group) is 1. The molecule has 2 aliphatic rings. The van der Waals surface area contributed by atoms with Crippen molar-refractivity contribution in [1.29, 1.82) is 0 Å². The van der Waals surface area contributed by atoms with Crippen molar-refractivity contribution in [2.24, 2.45) is 5.92 Å². The first-order valence-electron chi connectivity index (χ1n) is 10.5. The minimum Gasteiger partial charge on any atom is -0.493 e. The summed E-state index contributed by atoms with van der Waals surface area (Å²) in [5.74, 6) is 0.728. The summed E-state index contributed by atoms with van der Waals surface area (Å²) in [5, 5.41) is 2.89. The highest BCUT2D eigenvalue weighted by Crippen LogP contribution is 2.38. The van der Waals surface area contributed by atoms with Gasteiger partial charge in [-0.3, -0.25) is 14.5 Å². The summed E-state index contributed by atoms with van der Waals surface area (Å²) < 4.78 is 10.6. The second-order valence-electron chi connectivity index (χ2n) is 8.04. The summed E-state index contributed by atoms with van der Waals surface area (Å²) in [6.07, 6.45) is 3.49. The zero-order chi connectivity index (χ0) is 21.9. The SMILES string of the molecule is CCN(Cc1ccc(OC)c(OC)c1)C(=O)CN1C(=O)N[C@]2(CCCC[C@@H]2C)C1=O. The molecular formula is C22H31N3O5. The van der Waals surface area contributed by atoms with Gasteiger partial charge in [-0.2, -0.15) is 0 Å². The van der Waals surface area contributed by atoms with E-state index in [2.05, 4.69) is 5.32 Å². The number of rotatable bonds is 7. The van der Waals surface area contributed by atoms with Crippen LogP contribution in [0.3, 0.4) is 0 Å². The maximum absolute atomic E-state index is 13.1. The first-order chi connectivity index (χ1) is 14.4. The Morgan fingerprint density at radius 1 is 1.23 bits per heavy atom. The van der Waals surface area contributed by atoms with E-state index in [0.29, 0.717) is 31.0 Å². The zero-order valence-corrected chi connectivity index (χ0v) is 18.2. The van der Waals surface area contributed by atoms with Crippen molar-refractivity contribution in [2.45, 2.75) is 51.6 Å². The summed E-state index contributed by atoms with van der Waals surface area (Å²) in [6.45, 7) is 4.42. The molecule has 4 amide bonds. The third-order valence-electron chi connectivity index (χ3n) is 6.35. The van der Waals surface area contributed by atoms with Crippen LogP contribution in [0.5, 0.6) is 11.5 Å². The van der Waals surface area contributed by atoms with Crippen LogP contribution in [-0.2, 0) is 16.1 Å². The van der Waals surface area contributed by atoms with E-state index in [1.54, 1.807) is 25.2 Å². The first kappa shape index (κ1) is 21.9. The molecule has 1 spiro atoms. The zero-order valence-electron chi connectivity index (χ0n) is 18.2. The smallest absolute Gasteiger partial charge is 0.325 e. The largest absolute Gasteiger partial charge is 0.493 e. The molecule has 8 heteroatoms. The van der Waals surface area contributed by atoms with E-state index in [1.165, 1.54) is 0 Å². The number of carbonyl (C=O) groups excluding carboxylic acids is 3. The van der Waals surface area contributed by atoms with Crippen molar-refractivity contribution in [1.82, 2.24) is 15.1 Å². The van der Waals surface area contributed by atoms with Gasteiger partial charge in [-0.15, -0.1) is 0 Å². The maximum Gasteiger partial charge on any atom is 0.325 e. The van der Waals surface area contributed by atoms with Crippen LogP contribution in [-0.4, -0.2) is 60.5 Å². The number of nitrogens with one attached hydrogen (secondary N) is 1. The molecule has 2 atom stereocenters. The number of methoxy groups -OCH3 is 2. The maximum atomic E-state index is 13.1. The second-order valence-corrected chi connectivity index (χ2v) is 8.04. The van der Waals surface area contributed by atoms with Gasteiger partial charge in [0.15, 0.2) is 11.5 Å². The Balaban J connectivity index is 1.71. The number of amides is 4. The van der Waals surface area contributed by atoms with Gasteiger partial charge < -0.3 is 19.7 Å². The topological polar surface area (TPSA) is 88.2 Å². The van der Waals surface area contributed by atoms with Gasteiger partial charge in [0.1, 0.15) is 12.1 Å². The summed E-state index contributed by atoms with van der Waals surface area (Å²) in [5.41, 5.74) is 0.0214. The average molecular weight is 418 g/mol. The van der Waals surface area contributed by atoms with Gasteiger partial charge in [0, 0.05) is 13.1 Å². The molecule has 1 heterocycles. The van der Waals surface area contributed by atoms with Gasteiger partial charge in [0.05, 0.1) is 14.2 Å². The van der Waals surface area contributed by atoms with E-state index < -0.39 is 11.6 Å². The van der Waals surface area contributed by atoms with Crippen LogP contribution in [0.15, 0.2) is 18.2 Å². The Bertz CT molecular complexity index is 827. The van der Waals surface area contributed by atoms with Crippen LogP contribution in [0.25, 0.3) is 0 Å². The van der Waals surface area contributed by atoms with Crippen molar-refractivity contribution in [3.05, 3.63) is 23.8 Å². The van der Waals surface area contributed by atoms with Crippen molar-refractivity contribution in [2.75, 3.05) is 27.3 Å². The van der Waals surface area contributed by atoms with Crippen LogP contribution >= 0.6 is 0 Å². The highest BCUT2D eigenvalue weighted by atomic mass is 16.5. The van der Waals surface area contributed by atoms with E-state index in [1.807, 2.05) is 26.0 Å². The molecule has 8 nitrogen and oxygen atoms in total. The number of hydrogen-bond donors (Lipinski definition) is 1. The Kier molecular flexibility index (Phi) is 6.53. The lowest BCUT2D eigenvalue weighted by atomic mass is 9.73. The van der Waals surface area contributed by atoms with Gasteiger partial charge in [-0.25, -0.2) is 4.79 Å². The van der Waals surface area contributed by atoms with Crippen LogP contribution in [0, 0.1) is 5.92 Å². The molecule has 1 N–H and O–H groups in total. The molecule has 164 valence electrons. The summed E-state index contributed by atoms with van der Waals surface area (Å²) in [4.78, 5) is 41.3. The van der Waals surface area contributed by atoms with E-state index in [-0.39, 0.29) is 24.3 Å².